The molecule has 0 saturated carbocycles. The number of hydrogen-bond donors (Lipinski definition) is 0. The molecule has 0 aliphatic heterocycles. The predicted octanol–water partition coefficient (Wildman–Crippen LogP) is 0.895. The molecule has 0 atom stereocenters. The first kappa shape index (κ1) is 5.86. The molecule has 2 rings (SSSR count). The lowest BCUT2D eigenvalue weighted by atomic mass is 10.2. The van der Waals surface area contributed by atoms with E-state index in [0.29, 0.717) is 16.6 Å². The van der Waals surface area contributed by atoms with E-state index in [9.17, 15) is 0 Å². The minimum absolute atomic E-state index is 0.365. The Labute approximate surface area is 62.0 Å². The van der Waals surface area contributed by atoms with Crippen LogP contribution in [0.5, 0.6) is 0 Å². The van der Waals surface area contributed by atoms with Crippen LogP contribution in [0.3, 0.4) is 0 Å². The van der Waals surface area contributed by atoms with E-state index >= 15 is 0 Å². The first-order valence-corrected chi connectivity index (χ1v) is 2.95. The standard InChI is InChI=1S/C7H2N3O/c8-4-5-2-1-3-6-7(5)10-11-9-6/h1,3H. The van der Waals surface area contributed by atoms with Gasteiger partial charge in [-0.1, -0.05) is 6.07 Å². The summed E-state index contributed by atoms with van der Waals surface area (Å²) in [6.45, 7) is 0. The van der Waals surface area contributed by atoms with Crippen molar-refractivity contribution in [1.82, 2.24) is 10.3 Å². The fourth-order valence-corrected chi connectivity index (χ4v) is 0.836. The van der Waals surface area contributed by atoms with Crippen molar-refractivity contribution in [3.05, 3.63) is 23.8 Å². The molecule has 1 heterocycles. The van der Waals surface area contributed by atoms with E-state index in [1.165, 1.54) is 0 Å². The van der Waals surface area contributed by atoms with E-state index in [-0.39, 0.29) is 0 Å². The Morgan fingerprint density at radius 3 is 3.27 bits per heavy atom. The van der Waals surface area contributed by atoms with Crippen LogP contribution in [-0.2, 0) is 0 Å². The monoisotopic (exact) mass is 144 g/mol. The average Bonchev–Trinajstić information content (AvgIpc) is 2.50. The maximum atomic E-state index is 8.56. The lowest BCUT2D eigenvalue weighted by molar-refractivity contribution is 0.315. The van der Waals surface area contributed by atoms with E-state index < -0.39 is 0 Å². The number of benzene rings is 1. The van der Waals surface area contributed by atoms with Gasteiger partial charge in [-0.25, -0.2) is 4.63 Å². The smallest absolute Gasteiger partial charge is 0.153 e. The molecule has 51 valence electrons. The number of nitriles is 1. The quantitative estimate of drug-likeness (QED) is 0.550. The molecule has 11 heavy (non-hydrogen) atoms. The third kappa shape index (κ3) is 0.749. The third-order valence-corrected chi connectivity index (χ3v) is 1.33. The van der Waals surface area contributed by atoms with Gasteiger partial charge in [-0.2, -0.15) is 5.26 Å². The highest BCUT2D eigenvalue weighted by Gasteiger charge is 2.03. The zero-order valence-corrected chi connectivity index (χ0v) is 5.40. The van der Waals surface area contributed by atoms with Crippen molar-refractivity contribution in [3.63, 3.8) is 0 Å². The van der Waals surface area contributed by atoms with Crippen molar-refractivity contribution in [2.75, 3.05) is 0 Å². The van der Waals surface area contributed by atoms with Gasteiger partial charge < -0.3 is 0 Å². The van der Waals surface area contributed by atoms with Gasteiger partial charge in [0.05, 0.1) is 5.56 Å². The van der Waals surface area contributed by atoms with E-state index in [2.05, 4.69) is 21.0 Å². The Hall–Kier alpha value is -1.89. The molecule has 0 bridgehead atoms. The van der Waals surface area contributed by atoms with Gasteiger partial charge in [0.15, 0.2) is 5.52 Å². The minimum Gasteiger partial charge on any atom is -0.243 e. The Kier molecular flexibility index (Phi) is 1.10. The van der Waals surface area contributed by atoms with Gasteiger partial charge in [0.2, 0.25) is 0 Å². The molecular weight excluding hydrogens is 142 g/mol. The maximum absolute atomic E-state index is 8.56. The molecule has 2 aromatic rings. The Bertz CT molecular complexity index is 426. The summed E-state index contributed by atoms with van der Waals surface area (Å²) in [4.78, 5) is 0. The number of aromatic nitrogens is 2. The van der Waals surface area contributed by atoms with Crippen LogP contribution in [0.25, 0.3) is 11.0 Å². The highest BCUT2D eigenvalue weighted by atomic mass is 16.6. The van der Waals surface area contributed by atoms with Gasteiger partial charge in [0.1, 0.15) is 11.6 Å². The zero-order chi connectivity index (χ0) is 7.68. The zero-order valence-electron chi connectivity index (χ0n) is 5.40. The summed E-state index contributed by atoms with van der Waals surface area (Å²) < 4.78 is 4.44. The van der Waals surface area contributed by atoms with Crippen LogP contribution >= 0.6 is 0 Å². The summed E-state index contributed by atoms with van der Waals surface area (Å²) in [6, 6.07) is 7.96. The summed E-state index contributed by atoms with van der Waals surface area (Å²) in [5.74, 6) is 0. The predicted molar refractivity (Wildman–Crippen MR) is 35.4 cm³/mol. The summed E-state index contributed by atoms with van der Waals surface area (Å²) in [7, 11) is 0. The molecule has 0 saturated heterocycles. The van der Waals surface area contributed by atoms with Gasteiger partial charge in [-0.15, -0.1) is 0 Å². The first-order chi connectivity index (χ1) is 5.42. The average molecular weight is 144 g/mol. The summed E-state index contributed by atoms with van der Waals surface area (Å²) >= 11 is 0. The second-order valence-electron chi connectivity index (χ2n) is 1.96. The molecule has 4 nitrogen and oxygen atoms in total. The van der Waals surface area contributed by atoms with Crippen molar-refractivity contribution in [1.29, 1.82) is 5.26 Å². The second kappa shape index (κ2) is 2.06. The van der Waals surface area contributed by atoms with Gasteiger partial charge in [-0.3, -0.25) is 0 Å². The van der Waals surface area contributed by atoms with Crippen LogP contribution in [0.1, 0.15) is 5.56 Å². The summed E-state index contributed by atoms with van der Waals surface area (Å²) in [6.07, 6.45) is 0. The number of nitrogens with zero attached hydrogens (tertiary/aromatic N) is 3. The summed E-state index contributed by atoms with van der Waals surface area (Å²) in [5.41, 5.74) is 1.42. The molecule has 1 aromatic carbocycles. The van der Waals surface area contributed by atoms with E-state index in [4.69, 9.17) is 5.26 Å². The lowest BCUT2D eigenvalue weighted by Crippen LogP contribution is -1.76. The highest BCUT2D eigenvalue weighted by molar-refractivity contribution is 5.79. The lowest BCUT2D eigenvalue weighted by Gasteiger charge is -1.83. The molecule has 0 fully saturated rings. The normalized spacial score (nSPS) is 9.73. The van der Waals surface area contributed by atoms with Gasteiger partial charge >= 0.3 is 0 Å². The van der Waals surface area contributed by atoms with Crippen LogP contribution in [0.2, 0.25) is 0 Å². The van der Waals surface area contributed by atoms with Crippen LogP contribution < -0.4 is 0 Å². The SMILES string of the molecule is N#Cc1[c]ccc2nonc12. The topological polar surface area (TPSA) is 62.7 Å². The van der Waals surface area contributed by atoms with Crippen molar-refractivity contribution in [3.8, 4) is 6.07 Å². The van der Waals surface area contributed by atoms with E-state index in [1.807, 2.05) is 6.07 Å². The van der Waals surface area contributed by atoms with Crippen molar-refractivity contribution in [2.45, 2.75) is 0 Å². The number of hydrogen-bond acceptors (Lipinski definition) is 4. The third-order valence-electron chi connectivity index (χ3n) is 1.33. The first-order valence-electron chi connectivity index (χ1n) is 2.95. The Morgan fingerprint density at radius 1 is 1.55 bits per heavy atom. The molecule has 1 aromatic heterocycles. The largest absolute Gasteiger partial charge is 0.243 e. The molecule has 0 spiro atoms. The van der Waals surface area contributed by atoms with E-state index in [0.717, 1.165) is 0 Å². The van der Waals surface area contributed by atoms with Crippen LogP contribution in [0.4, 0.5) is 0 Å². The highest BCUT2D eigenvalue weighted by Crippen LogP contribution is 2.11. The van der Waals surface area contributed by atoms with Crippen molar-refractivity contribution >= 4 is 11.0 Å². The molecule has 4 heteroatoms. The maximum Gasteiger partial charge on any atom is 0.153 e. The van der Waals surface area contributed by atoms with Crippen molar-refractivity contribution < 1.29 is 4.63 Å². The molecule has 0 aliphatic carbocycles. The van der Waals surface area contributed by atoms with E-state index in [1.54, 1.807) is 12.1 Å². The number of fused-ring (bicyclic) bond motifs is 1. The Balaban J connectivity index is 2.92. The molecule has 0 aliphatic rings. The fraction of sp³-hybridized carbons (Fsp3) is 0. The molecular formula is C7H2N3O. The molecule has 0 N–H and O–H groups in total. The van der Waals surface area contributed by atoms with Gasteiger partial charge in [0.25, 0.3) is 0 Å². The van der Waals surface area contributed by atoms with Crippen LogP contribution in [0.15, 0.2) is 16.8 Å². The van der Waals surface area contributed by atoms with Gasteiger partial charge in [-0.05, 0) is 16.4 Å². The van der Waals surface area contributed by atoms with Crippen LogP contribution in [0, 0.1) is 17.4 Å². The van der Waals surface area contributed by atoms with Crippen LogP contribution in [-0.4, -0.2) is 10.3 Å². The minimum atomic E-state index is 0.365. The second-order valence-corrected chi connectivity index (χ2v) is 1.96. The molecule has 0 unspecified atom stereocenters. The fourth-order valence-electron chi connectivity index (χ4n) is 0.836. The molecule has 1 radical (unpaired) electrons. The molecule has 0 amide bonds. The van der Waals surface area contributed by atoms with Crippen molar-refractivity contribution in [2.24, 2.45) is 0 Å². The number of rotatable bonds is 0. The van der Waals surface area contributed by atoms with Gasteiger partial charge in [0, 0.05) is 6.07 Å². The summed E-state index contributed by atoms with van der Waals surface area (Å²) in [5, 5.41) is 15.7. The Morgan fingerprint density at radius 2 is 2.45 bits per heavy atom.